The molecule has 2 nitrogen and oxygen atoms in total. The van der Waals surface area contributed by atoms with Gasteiger partial charge in [-0.05, 0) is 30.0 Å². The minimum absolute atomic E-state index is 0.101. The highest BCUT2D eigenvalue weighted by molar-refractivity contribution is 5.94. The molecule has 0 aliphatic heterocycles. The van der Waals surface area contributed by atoms with Gasteiger partial charge in [-0.1, -0.05) is 19.9 Å². The molecule has 3 heteroatoms. The molecule has 15 heavy (non-hydrogen) atoms. The maximum atomic E-state index is 13.5. The fourth-order valence-electron chi connectivity index (χ4n) is 1.39. The molecule has 1 rings (SSSR count). The number of hydrogen-bond donors (Lipinski definition) is 1. The van der Waals surface area contributed by atoms with E-state index in [1.54, 1.807) is 0 Å². The number of amides is 1. The Balaban J connectivity index is 3.03. The second-order valence-corrected chi connectivity index (χ2v) is 3.63. The lowest BCUT2D eigenvalue weighted by Gasteiger charge is -2.10. The van der Waals surface area contributed by atoms with Crippen LogP contribution in [0.3, 0.4) is 0 Å². The number of rotatable bonds is 3. The number of carbonyl (C=O) groups is 1. The molecular formula is C12H16FNO. The smallest absolute Gasteiger partial charge is 0.253 e. The first-order valence-corrected chi connectivity index (χ1v) is 5.11. The van der Waals surface area contributed by atoms with Gasteiger partial charge in [-0.3, -0.25) is 4.79 Å². The Hall–Kier alpha value is -1.38. The summed E-state index contributed by atoms with van der Waals surface area (Å²) >= 11 is 0. The second-order valence-electron chi connectivity index (χ2n) is 3.63. The molecule has 0 aromatic heterocycles. The van der Waals surface area contributed by atoms with Crippen molar-refractivity contribution >= 4 is 5.91 Å². The van der Waals surface area contributed by atoms with Gasteiger partial charge in [0.1, 0.15) is 5.82 Å². The third kappa shape index (κ3) is 2.55. The van der Waals surface area contributed by atoms with Crippen molar-refractivity contribution < 1.29 is 9.18 Å². The standard InChI is InChI=1S/C12H16FNO/c1-4-8(2)9-5-6-10(11(13)7-9)12(15)14-3/h5-8H,4H2,1-3H3,(H,14,15). The molecule has 1 amide bonds. The van der Waals surface area contributed by atoms with E-state index in [0.717, 1.165) is 12.0 Å². The van der Waals surface area contributed by atoms with Crippen molar-refractivity contribution in [3.8, 4) is 0 Å². The van der Waals surface area contributed by atoms with Crippen LogP contribution in [0.4, 0.5) is 4.39 Å². The topological polar surface area (TPSA) is 29.1 Å². The van der Waals surface area contributed by atoms with Crippen molar-refractivity contribution in [2.24, 2.45) is 0 Å². The van der Waals surface area contributed by atoms with Crippen LogP contribution in [-0.4, -0.2) is 13.0 Å². The molecule has 0 saturated heterocycles. The lowest BCUT2D eigenvalue weighted by atomic mass is 9.97. The fourth-order valence-corrected chi connectivity index (χ4v) is 1.39. The van der Waals surface area contributed by atoms with Gasteiger partial charge in [0.15, 0.2) is 0 Å². The predicted molar refractivity (Wildman–Crippen MR) is 58.5 cm³/mol. The molecule has 1 N–H and O–H groups in total. The Morgan fingerprint density at radius 3 is 2.67 bits per heavy atom. The summed E-state index contributed by atoms with van der Waals surface area (Å²) in [7, 11) is 1.49. The predicted octanol–water partition coefficient (Wildman–Crippen LogP) is 2.70. The van der Waals surface area contributed by atoms with Crippen LogP contribution in [0.2, 0.25) is 0 Å². The molecule has 0 radical (unpaired) electrons. The number of halogens is 1. The summed E-state index contributed by atoms with van der Waals surface area (Å²) in [5.41, 5.74) is 1.03. The monoisotopic (exact) mass is 209 g/mol. The van der Waals surface area contributed by atoms with E-state index in [2.05, 4.69) is 12.2 Å². The Labute approximate surface area is 89.5 Å². The number of nitrogens with one attached hydrogen (secondary N) is 1. The van der Waals surface area contributed by atoms with Crippen molar-refractivity contribution in [2.75, 3.05) is 7.05 Å². The average Bonchev–Trinajstić information content (AvgIpc) is 2.26. The van der Waals surface area contributed by atoms with E-state index in [4.69, 9.17) is 0 Å². The van der Waals surface area contributed by atoms with Crippen LogP contribution in [0.5, 0.6) is 0 Å². The molecule has 0 heterocycles. The van der Waals surface area contributed by atoms with Gasteiger partial charge in [0.05, 0.1) is 5.56 Å². The zero-order chi connectivity index (χ0) is 11.4. The Kier molecular flexibility index (Phi) is 3.83. The third-order valence-corrected chi connectivity index (χ3v) is 2.65. The Morgan fingerprint density at radius 1 is 1.53 bits per heavy atom. The van der Waals surface area contributed by atoms with Crippen LogP contribution in [0.25, 0.3) is 0 Å². The first-order valence-electron chi connectivity index (χ1n) is 5.11. The van der Waals surface area contributed by atoms with Gasteiger partial charge < -0.3 is 5.32 Å². The first-order chi connectivity index (χ1) is 7.10. The average molecular weight is 209 g/mol. The van der Waals surface area contributed by atoms with E-state index >= 15 is 0 Å². The van der Waals surface area contributed by atoms with Crippen molar-refractivity contribution in [3.63, 3.8) is 0 Å². The van der Waals surface area contributed by atoms with Gasteiger partial charge in [0, 0.05) is 7.05 Å². The molecule has 1 aromatic carbocycles. The second kappa shape index (κ2) is 4.91. The zero-order valence-corrected chi connectivity index (χ0v) is 9.30. The van der Waals surface area contributed by atoms with Crippen LogP contribution in [0.15, 0.2) is 18.2 Å². The van der Waals surface area contributed by atoms with Crippen LogP contribution in [-0.2, 0) is 0 Å². The fraction of sp³-hybridized carbons (Fsp3) is 0.417. The zero-order valence-electron chi connectivity index (χ0n) is 9.30. The lowest BCUT2D eigenvalue weighted by Crippen LogP contribution is -2.19. The quantitative estimate of drug-likeness (QED) is 0.814. The van der Waals surface area contributed by atoms with Crippen LogP contribution >= 0.6 is 0 Å². The molecule has 0 aliphatic rings. The van der Waals surface area contributed by atoms with Gasteiger partial charge >= 0.3 is 0 Å². The molecule has 0 aliphatic carbocycles. The first kappa shape index (κ1) is 11.7. The van der Waals surface area contributed by atoms with Crippen LogP contribution < -0.4 is 5.32 Å². The van der Waals surface area contributed by atoms with Gasteiger partial charge in [-0.2, -0.15) is 0 Å². The molecule has 0 spiro atoms. The normalized spacial score (nSPS) is 12.3. The highest BCUT2D eigenvalue weighted by Crippen LogP contribution is 2.20. The summed E-state index contributed by atoms with van der Waals surface area (Å²) in [4.78, 5) is 11.2. The summed E-state index contributed by atoms with van der Waals surface area (Å²) in [5.74, 6) is -0.520. The summed E-state index contributed by atoms with van der Waals surface area (Å²) < 4.78 is 13.5. The van der Waals surface area contributed by atoms with Crippen molar-refractivity contribution in [3.05, 3.63) is 35.1 Å². The molecule has 1 unspecified atom stereocenters. The van der Waals surface area contributed by atoms with Crippen molar-refractivity contribution in [2.45, 2.75) is 26.2 Å². The van der Waals surface area contributed by atoms with E-state index in [-0.39, 0.29) is 11.5 Å². The highest BCUT2D eigenvalue weighted by atomic mass is 19.1. The molecule has 0 bridgehead atoms. The highest BCUT2D eigenvalue weighted by Gasteiger charge is 2.12. The van der Waals surface area contributed by atoms with Gasteiger partial charge in [-0.15, -0.1) is 0 Å². The minimum Gasteiger partial charge on any atom is -0.355 e. The summed E-state index contributed by atoms with van der Waals surface area (Å²) in [6, 6.07) is 4.79. The van der Waals surface area contributed by atoms with Gasteiger partial charge in [-0.25, -0.2) is 4.39 Å². The number of carbonyl (C=O) groups excluding carboxylic acids is 1. The van der Waals surface area contributed by atoms with Crippen molar-refractivity contribution in [1.82, 2.24) is 5.32 Å². The van der Waals surface area contributed by atoms with Crippen LogP contribution in [0, 0.1) is 5.82 Å². The third-order valence-electron chi connectivity index (χ3n) is 2.65. The molecule has 0 fully saturated rings. The molecule has 1 aromatic rings. The van der Waals surface area contributed by atoms with E-state index in [9.17, 15) is 9.18 Å². The SMILES string of the molecule is CCC(C)c1ccc(C(=O)NC)c(F)c1. The van der Waals surface area contributed by atoms with Crippen molar-refractivity contribution in [1.29, 1.82) is 0 Å². The lowest BCUT2D eigenvalue weighted by molar-refractivity contribution is 0.0959. The van der Waals surface area contributed by atoms with Gasteiger partial charge in [0.2, 0.25) is 0 Å². The Bertz CT molecular complexity index is 363. The van der Waals surface area contributed by atoms with E-state index in [1.807, 2.05) is 13.0 Å². The summed E-state index contributed by atoms with van der Waals surface area (Å²) in [6.07, 6.45) is 0.957. The molecular weight excluding hydrogens is 193 g/mol. The summed E-state index contributed by atoms with van der Waals surface area (Å²) in [6.45, 7) is 4.09. The van der Waals surface area contributed by atoms with E-state index in [0.29, 0.717) is 5.92 Å². The van der Waals surface area contributed by atoms with E-state index < -0.39 is 5.82 Å². The number of benzene rings is 1. The minimum atomic E-state index is -0.452. The Morgan fingerprint density at radius 2 is 2.20 bits per heavy atom. The maximum absolute atomic E-state index is 13.5. The number of hydrogen-bond acceptors (Lipinski definition) is 1. The largest absolute Gasteiger partial charge is 0.355 e. The molecule has 1 atom stereocenters. The van der Waals surface area contributed by atoms with Crippen LogP contribution in [0.1, 0.15) is 42.1 Å². The van der Waals surface area contributed by atoms with Gasteiger partial charge in [0.25, 0.3) is 5.91 Å². The molecule has 82 valence electrons. The summed E-state index contributed by atoms with van der Waals surface area (Å²) in [5, 5.41) is 2.41. The maximum Gasteiger partial charge on any atom is 0.253 e. The van der Waals surface area contributed by atoms with E-state index in [1.165, 1.54) is 19.2 Å². The molecule has 0 saturated carbocycles.